The van der Waals surface area contributed by atoms with Gasteiger partial charge in [-0.05, 0) is 18.2 Å². The van der Waals surface area contributed by atoms with E-state index in [1.54, 1.807) is 24.4 Å². The molecule has 1 aromatic carbocycles. The predicted octanol–water partition coefficient (Wildman–Crippen LogP) is 4.83. The molecular weight excluding hydrogens is 301 g/mol. The van der Waals surface area contributed by atoms with E-state index in [4.69, 9.17) is 23.2 Å². The number of pyridine rings is 1. The summed E-state index contributed by atoms with van der Waals surface area (Å²) in [6.07, 6.45) is 1.70. The van der Waals surface area contributed by atoms with E-state index in [9.17, 15) is 4.79 Å². The van der Waals surface area contributed by atoms with Gasteiger partial charge in [0.2, 0.25) is 0 Å². The highest BCUT2D eigenvalue weighted by Crippen LogP contribution is 2.32. The summed E-state index contributed by atoms with van der Waals surface area (Å²) < 4.78 is 0.920. The molecule has 3 rings (SSSR count). The number of carbonyl (C=O) groups excluding carboxylic acids is 1. The molecule has 94 valence electrons. The largest absolute Gasteiger partial charge is 0.289 e. The highest BCUT2D eigenvalue weighted by Gasteiger charge is 2.16. The van der Waals surface area contributed by atoms with Crippen LogP contribution in [0.25, 0.3) is 10.9 Å². The number of fused-ring (bicyclic) bond motifs is 1. The number of ketones is 1. The van der Waals surface area contributed by atoms with E-state index in [0.717, 1.165) is 10.9 Å². The molecule has 0 saturated carbocycles. The standard InChI is InChI=1S/C14H7Cl2NOS/c15-12-7-10(14(16)19-12)13(18)9-4-3-8-2-1-5-17-11(8)6-9/h1-7H. The van der Waals surface area contributed by atoms with Crippen molar-refractivity contribution in [1.29, 1.82) is 0 Å². The Kier molecular flexibility index (Phi) is 3.27. The summed E-state index contributed by atoms with van der Waals surface area (Å²) in [5.41, 5.74) is 1.78. The van der Waals surface area contributed by atoms with Crippen LogP contribution in [0.5, 0.6) is 0 Å². The minimum atomic E-state index is -0.138. The molecule has 0 aliphatic carbocycles. The van der Waals surface area contributed by atoms with Crippen molar-refractivity contribution in [3.8, 4) is 0 Å². The third-order valence-electron chi connectivity index (χ3n) is 2.77. The minimum Gasteiger partial charge on any atom is -0.289 e. The van der Waals surface area contributed by atoms with E-state index >= 15 is 0 Å². The van der Waals surface area contributed by atoms with Gasteiger partial charge >= 0.3 is 0 Å². The fraction of sp³-hybridized carbons (Fsp3) is 0. The molecule has 19 heavy (non-hydrogen) atoms. The van der Waals surface area contributed by atoms with Crippen molar-refractivity contribution in [2.75, 3.05) is 0 Å². The smallest absolute Gasteiger partial charge is 0.195 e. The zero-order valence-corrected chi connectivity index (χ0v) is 11.9. The van der Waals surface area contributed by atoms with E-state index in [-0.39, 0.29) is 5.78 Å². The molecule has 2 heterocycles. The molecule has 2 aromatic heterocycles. The van der Waals surface area contributed by atoms with Crippen molar-refractivity contribution < 1.29 is 4.79 Å². The highest BCUT2D eigenvalue weighted by atomic mass is 35.5. The average molecular weight is 308 g/mol. The molecule has 5 heteroatoms. The number of aromatic nitrogens is 1. The number of hydrogen-bond acceptors (Lipinski definition) is 3. The summed E-state index contributed by atoms with van der Waals surface area (Å²) >= 11 is 13.1. The van der Waals surface area contributed by atoms with E-state index in [1.807, 2.05) is 18.2 Å². The minimum absolute atomic E-state index is 0.138. The fourth-order valence-electron chi connectivity index (χ4n) is 1.86. The summed E-state index contributed by atoms with van der Waals surface area (Å²) in [7, 11) is 0. The van der Waals surface area contributed by atoms with Crippen molar-refractivity contribution in [3.63, 3.8) is 0 Å². The lowest BCUT2D eigenvalue weighted by molar-refractivity contribution is 0.103. The Morgan fingerprint density at radius 3 is 2.74 bits per heavy atom. The summed E-state index contributed by atoms with van der Waals surface area (Å²) in [5.74, 6) is -0.138. The predicted molar refractivity (Wildman–Crippen MR) is 79.5 cm³/mol. The van der Waals surface area contributed by atoms with Crippen LogP contribution in [0.1, 0.15) is 15.9 Å². The molecule has 0 amide bonds. The van der Waals surface area contributed by atoms with Gasteiger partial charge in [0, 0.05) is 17.1 Å². The quantitative estimate of drug-likeness (QED) is 0.634. The third-order valence-corrected chi connectivity index (χ3v) is 4.26. The molecule has 0 aliphatic heterocycles. The maximum atomic E-state index is 12.4. The Hall–Kier alpha value is -1.42. The summed E-state index contributed by atoms with van der Waals surface area (Å²) in [5, 5.41) is 0.994. The zero-order chi connectivity index (χ0) is 13.4. The maximum absolute atomic E-state index is 12.4. The van der Waals surface area contributed by atoms with Crippen LogP contribution in [0, 0.1) is 0 Å². The van der Waals surface area contributed by atoms with Crippen LogP contribution in [0.2, 0.25) is 8.67 Å². The second-order valence-corrected chi connectivity index (χ2v) is 6.26. The second-order valence-electron chi connectivity index (χ2n) is 3.98. The van der Waals surface area contributed by atoms with E-state index in [0.29, 0.717) is 19.8 Å². The number of carbonyl (C=O) groups is 1. The maximum Gasteiger partial charge on any atom is 0.195 e. The van der Waals surface area contributed by atoms with Crippen LogP contribution < -0.4 is 0 Å². The number of rotatable bonds is 2. The van der Waals surface area contributed by atoms with Crippen molar-refractivity contribution >= 4 is 51.2 Å². The molecule has 0 saturated heterocycles. The summed E-state index contributed by atoms with van der Waals surface area (Å²) in [6.45, 7) is 0. The number of nitrogens with zero attached hydrogens (tertiary/aromatic N) is 1. The van der Waals surface area contributed by atoms with E-state index in [2.05, 4.69) is 4.98 Å². The first-order valence-electron chi connectivity index (χ1n) is 5.49. The van der Waals surface area contributed by atoms with Gasteiger partial charge in [-0.15, -0.1) is 11.3 Å². The van der Waals surface area contributed by atoms with Gasteiger partial charge < -0.3 is 0 Å². The van der Waals surface area contributed by atoms with Crippen LogP contribution in [0.4, 0.5) is 0 Å². The number of benzene rings is 1. The molecule has 0 radical (unpaired) electrons. The number of halogens is 2. The Balaban J connectivity index is 2.09. The summed E-state index contributed by atoms with van der Waals surface area (Å²) in [6, 6.07) is 10.8. The van der Waals surface area contributed by atoms with Gasteiger partial charge in [-0.2, -0.15) is 0 Å². The zero-order valence-electron chi connectivity index (χ0n) is 9.56. The Labute approximate surface area is 123 Å². The highest BCUT2D eigenvalue weighted by molar-refractivity contribution is 7.20. The first kappa shape index (κ1) is 12.6. The molecule has 0 spiro atoms. The fourth-order valence-corrected chi connectivity index (χ4v) is 3.32. The molecule has 0 bridgehead atoms. The van der Waals surface area contributed by atoms with Crippen molar-refractivity contribution in [2.24, 2.45) is 0 Å². The normalized spacial score (nSPS) is 10.8. The van der Waals surface area contributed by atoms with E-state index < -0.39 is 0 Å². The van der Waals surface area contributed by atoms with Gasteiger partial charge in [-0.1, -0.05) is 41.4 Å². The van der Waals surface area contributed by atoms with Crippen molar-refractivity contribution in [2.45, 2.75) is 0 Å². The Morgan fingerprint density at radius 1 is 1.16 bits per heavy atom. The van der Waals surface area contributed by atoms with Crippen LogP contribution in [-0.4, -0.2) is 10.8 Å². The number of hydrogen-bond donors (Lipinski definition) is 0. The van der Waals surface area contributed by atoms with Gasteiger partial charge in [-0.3, -0.25) is 9.78 Å². The van der Waals surface area contributed by atoms with Crippen molar-refractivity contribution in [3.05, 3.63) is 62.4 Å². The van der Waals surface area contributed by atoms with Crippen LogP contribution in [0.3, 0.4) is 0 Å². The molecule has 2 nitrogen and oxygen atoms in total. The SMILES string of the molecule is O=C(c1ccc2cccnc2c1)c1cc(Cl)sc1Cl. The summed E-state index contributed by atoms with van der Waals surface area (Å²) in [4.78, 5) is 16.6. The molecule has 0 atom stereocenters. The van der Waals surface area contributed by atoms with E-state index in [1.165, 1.54) is 11.3 Å². The second kappa shape index (κ2) is 4.93. The first-order chi connectivity index (χ1) is 9.15. The lowest BCUT2D eigenvalue weighted by Gasteiger charge is -2.01. The van der Waals surface area contributed by atoms with Crippen LogP contribution >= 0.6 is 34.5 Å². The molecular formula is C14H7Cl2NOS. The van der Waals surface area contributed by atoms with Crippen LogP contribution in [-0.2, 0) is 0 Å². The van der Waals surface area contributed by atoms with Gasteiger partial charge in [0.25, 0.3) is 0 Å². The molecule has 3 aromatic rings. The third kappa shape index (κ3) is 2.37. The Bertz CT molecular complexity index is 782. The monoisotopic (exact) mass is 307 g/mol. The molecule has 0 unspecified atom stereocenters. The van der Waals surface area contributed by atoms with Crippen LogP contribution in [0.15, 0.2) is 42.6 Å². The van der Waals surface area contributed by atoms with Crippen molar-refractivity contribution in [1.82, 2.24) is 4.98 Å². The first-order valence-corrected chi connectivity index (χ1v) is 7.07. The molecule has 0 aliphatic rings. The Morgan fingerprint density at radius 2 is 2.00 bits per heavy atom. The van der Waals surface area contributed by atoms with Gasteiger partial charge in [0.05, 0.1) is 15.4 Å². The van der Waals surface area contributed by atoms with Gasteiger partial charge in [0.1, 0.15) is 4.34 Å². The topological polar surface area (TPSA) is 30.0 Å². The molecule has 0 N–H and O–H groups in total. The number of thiophene rings is 1. The van der Waals surface area contributed by atoms with Gasteiger partial charge in [0.15, 0.2) is 5.78 Å². The van der Waals surface area contributed by atoms with Gasteiger partial charge in [-0.25, -0.2) is 0 Å². The molecule has 0 fully saturated rings. The lowest BCUT2D eigenvalue weighted by atomic mass is 10.0. The average Bonchev–Trinajstić information content (AvgIpc) is 2.76. The lowest BCUT2D eigenvalue weighted by Crippen LogP contribution is -2.00.